The van der Waals surface area contributed by atoms with Crippen molar-refractivity contribution in [3.05, 3.63) is 28.8 Å². The van der Waals surface area contributed by atoms with Crippen molar-refractivity contribution < 1.29 is 24.1 Å². The number of imide groups is 1. The molecule has 1 aromatic rings. The summed E-state index contributed by atoms with van der Waals surface area (Å²) in [5.41, 5.74) is 0.243. The number of methoxy groups -OCH3 is 1. The van der Waals surface area contributed by atoms with Gasteiger partial charge >= 0.3 is 6.03 Å². The van der Waals surface area contributed by atoms with E-state index in [1.54, 1.807) is 13.2 Å². The lowest BCUT2D eigenvalue weighted by Gasteiger charge is -2.33. The lowest BCUT2D eigenvalue weighted by molar-refractivity contribution is -0.901. The molecule has 3 rings (SSSR count). The average molecular weight is 383 g/mol. The molecule has 0 saturated carbocycles. The van der Waals surface area contributed by atoms with Crippen molar-refractivity contribution >= 4 is 23.5 Å². The van der Waals surface area contributed by atoms with Gasteiger partial charge in [0.1, 0.15) is 17.8 Å². The molecule has 0 aromatic heterocycles. The fourth-order valence-electron chi connectivity index (χ4n) is 3.80. The van der Waals surface area contributed by atoms with Gasteiger partial charge in [0, 0.05) is 23.4 Å². The maximum Gasteiger partial charge on any atom is 0.329 e. The Labute approximate surface area is 158 Å². The minimum Gasteiger partial charge on any atom is -0.496 e. The number of urea groups is 1. The molecule has 0 radical (unpaired) electrons. The van der Waals surface area contributed by atoms with E-state index in [2.05, 4.69) is 12.4 Å². The van der Waals surface area contributed by atoms with Crippen LogP contribution in [0.1, 0.15) is 18.4 Å². The van der Waals surface area contributed by atoms with E-state index in [0.29, 0.717) is 31.1 Å². The number of nitrogens with one attached hydrogen (secondary N) is 3. The summed E-state index contributed by atoms with van der Waals surface area (Å²) < 4.78 is 5.38. The maximum atomic E-state index is 12.9. The van der Waals surface area contributed by atoms with Crippen molar-refractivity contribution in [3.8, 4) is 5.75 Å². The Balaban J connectivity index is 1.68. The summed E-state index contributed by atoms with van der Waals surface area (Å²) in [5, 5.41) is 3.59. The van der Waals surface area contributed by atoms with Crippen LogP contribution in [0.2, 0.25) is 5.02 Å². The van der Waals surface area contributed by atoms with Crippen molar-refractivity contribution in [3.63, 3.8) is 0 Å². The number of nitrogens with zero attached hydrogens (tertiary/aromatic N) is 1. The summed E-state index contributed by atoms with van der Waals surface area (Å²) in [4.78, 5) is 29.1. The fraction of sp³-hybridized carbons (Fsp3) is 0.556. The van der Waals surface area contributed by atoms with Crippen molar-refractivity contribution in [2.45, 2.75) is 24.9 Å². The van der Waals surface area contributed by atoms with Gasteiger partial charge in [-0.25, -0.2) is 9.69 Å². The highest BCUT2D eigenvalue weighted by atomic mass is 35.5. The third-order valence-corrected chi connectivity index (χ3v) is 5.60. The summed E-state index contributed by atoms with van der Waals surface area (Å²) in [7, 11) is 5.68. The van der Waals surface area contributed by atoms with Crippen LogP contribution >= 0.6 is 11.6 Å². The Hall–Kier alpha value is -1.83. The molecule has 0 bridgehead atoms. The molecule has 26 heavy (non-hydrogen) atoms. The molecule has 1 atom stereocenters. The van der Waals surface area contributed by atoms with Gasteiger partial charge in [-0.05, 0) is 18.2 Å². The first-order valence-electron chi connectivity index (χ1n) is 8.94. The van der Waals surface area contributed by atoms with E-state index < -0.39 is 5.54 Å². The lowest BCUT2D eigenvalue weighted by atomic mass is 9.88. The Morgan fingerprint density at radius 1 is 1.35 bits per heavy atom. The molecular weight excluding hydrogens is 356 g/mol. The molecule has 1 aromatic carbocycles. The standard InChI is InChI=1S/C18H25ClN4O3/c1-21-8-6-18(7-9-21)16(24)23(17(25)20-18)12-22(2)11-13-10-14(19)4-5-15(13)26-3/h4-5,10H,6-9,11-12H2,1-3H3,(H,20,25)/p+2. The molecule has 2 saturated heterocycles. The van der Waals surface area contributed by atoms with Gasteiger partial charge in [0.25, 0.3) is 5.91 Å². The number of likely N-dealkylation sites (tertiary alicyclic amines) is 1. The van der Waals surface area contributed by atoms with Gasteiger partial charge in [0.2, 0.25) is 0 Å². The minimum atomic E-state index is -0.704. The van der Waals surface area contributed by atoms with Gasteiger partial charge in [0.15, 0.2) is 6.67 Å². The van der Waals surface area contributed by atoms with Crippen molar-refractivity contribution in [2.24, 2.45) is 0 Å². The fourth-order valence-corrected chi connectivity index (χ4v) is 3.99. The molecule has 2 heterocycles. The first kappa shape index (κ1) is 18.9. The van der Waals surface area contributed by atoms with Crippen molar-refractivity contribution in [1.82, 2.24) is 10.2 Å². The van der Waals surface area contributed by atoms with Crippen LogP contribution in [-0.2, 0) is 11.3 Å². The monoisotopic (exact) mass is 382 g/mol. The molecule has 8 heteroatoms. The first-order valence-corrected chi connectivity index (χ1v) is 9.31. The van der Waals surface area contributed by atoms with Crippen LogP contribution in [0.25, 0.3) is 0 Å². The zero-order chi connectivity index (χ0) is 18.9. The summed E-state index contributed by atoms with van der Waals surface area (Å²) in [6, 6.07) is 5.18. The topological polar surface area (TPSA) is 67.5 Å². The molecule has 2 aliphatic heterocycles. The van der Waals surface area contributed by atoms with Crippen molar-refractivity contribution in [2.75, 3.05) is 41.0 Å². The minimum absolute atomic E-state index is 0.0904. The van der Waals surface area contributed by atoms with Crippen LogP contribution in [0.4, 0.5) is 4.79 Å². The van der Waals surface area contributed by atoms with Crippen LogP contribution in [0, 0.1) is 0 Å². The van der Waals surface area contributed by atoms with Crippen LogP contribution in [0.3, 0.4) is 0 Å². The van der Waals surface area contributed by atoms with E-state index in [9.17, 15) is 9.59 Å². The number of ether oxygens (including phenoxy) is 1. The molecule has 0 aliphatic carbocycles. The Kier molecular flexibility index (Phi) is 5.41. The average Bonchev–Trinajstić information content (AvgIpc) is 2.82. The van der Waals surface area contributed by atoms with Gasteiger partial charge in [-0.2, -0.15) is 0 Å². The van der Waals surface area contributed by atoms with Gasteiger partial charge in [0.05, 0.1) is 34.3 Å². The number of piperidine rings is 1. The molecule has 1 unspecified atom stereocenters. The highest BCUT2D eigenvalue weighted by Crippen LogP contribution is 2.25. The number of carbonyl (C=O) groups is 2. The second-order valence-corrected chi connectivity index (χ2v) is 7.89. The van der Waals surface area contributed by atoms with Crippen LogP contribution in [0.15, 0.2) is 18.2 Å². The van der Waals surface area contributed by atoms with Crippen LogP contribution in [0.5, 0.6) is 5.75 Å². The predicted molar refractivity (Wildman–Crippen MR) is 97.4 cm³/mol. The highest BCUT2D eigenvalue weighted by molar-refractivity contribution is 6.30. The number of halogens is 1. The van der Waals surface area contributed by atoms with E-state index in [1.165, 1.54) is 9.80 Å². The lowest BCUT2D eigenvalue weighted by Crippen LogP contribution is -3.11. The molecule has 2 fully saturated rings. The third-order valence-electron chi connectivity index (χ3n) is 5.37. The first-order chi connectivity index (χ1) is 12.3. The molecule has 1 spiro atoms. The summed E-state index contributed by atoms with van der Waals surface area (Å²) in [6.45, 7) is 2.69. The third kappa shape index (κ3) is 3.65. The summed E-state index contributed by atoms with van der Waals surface area (Å²) >= 11 is 6.09. The van der Waals surface area contributed by atoms with Crippen LogP contribution in [-0.4, -0.2) is 63.3 Å². The number of benzene rings is 1. The zero-order valence-electron chi connectivity index (χ0n) is 15.5. The Morgan fingerprint density at radius 2 is 2.04 bits per heavy atom. The molecular formula is C18H27ClN4O3+2. The van der Waals surface area contributed by atoms with Gasteiger partial charge in [-0.3, -0.25) is 4.79 Å². The normalized spacial score (nSPS) is 26.9. The Morgan fingerprint density at radius 3 is 2.69 bits per heavy atom. The second-order valence-electron chi connectivity index (χ2n) is 7.45. The smallest absolute Gasteiger partial charge is 0.329 e. The summed E-state index contributed by atoms with van der Waals surface area (Å²) in [5.74, 6) is 0.660. The quantitative estimate of drug-likeness (QED) is 0.568. The van der Waals surface area contributed by atoms with Gasteiger partial charge in [-0.15, -0.1) is 0 Å². The van der Waals surface area contributed by atoms with Gasteiger partial charge in [-0.1, -0.05) is 11.6 Å². The number of hydrogen-bond acceptors (Lipinski definition) is 3. The molecule has 2 aliphatic rings. The Bertz CT molecular complexity index is 704. The molecule has 142 valence electrons. The van der Waals surface area contributed by atoms with Gasteiger partial charge < -0.3 is 19.9 Å². The maximum absolute atomic E-state index is 12.9. The zero-order valence-corrected chi connectivity index (χ0v) is 16.3. The van der Waals surface area contributed by atoms with E-state index in [-0.39, 0.29) is 11.9 Å². The molecule has 3 amide bonds. The SMILES string of the molecule is COc1ccc(Cl)cc1C[NH+](C)CN1C(=O)NC2(CC[NH+](C)CC2)C1=O. The number of carbonyl (C=O) groups excluding carboxylic acids is 2. The van der Waals surface area contributed by atoms with Crippen molar-refractivity contribution in [1.29, 1.82) is 0 Å². The van der Waals surface area contributed by atoms with Crippen LogP contribution < -0.4 is 19.9 Å². The number of hydrogen-bond donors (Lipinski definition) is 3. The van der Waals surface area contributed by atoms with E-state index in [4.69, 9.17) is 16.3 Å². The molecule has 3 N–H and O–H groups in total. The molecule has 7 nitrogen and oxygen atoms in total. The number of amides is 3. The highest BCUT2D eigenvalue weighted by Gasteiger charge is 2.53. The number of rotatable bonds is 5. The second kappa shape index (κ2) is 7.42. The van der Waals surface area contributed by atoms with E-state index >= 15 is 0 Å². The van der Waals surface area contributed by atoms with E-state index in [0.717, 1.165) is 29.3 Å². The number of quaternary nitrogens is 2. The van der Waals surface area contributed by atoms with E-state index in [1.807, 2.05) is 19.2 Å². The predicted octanol–water partition coefficient (Wildman–Crippen LogP) is -1.08. The summed E-state index contributed by atoms with van der Waals surface area (Å²) in [6.07, 6.45) is 1.39. The largest absolute Gasteiger partial charge is 0.496 e.